The molecule has 0 radical (unpaired) electrons. The van der Waals surface area contributed by atoms with E-state index in [1.807, 2.05) is 24.3 Å². The Morgan fingerprint density at radius 3 is 1.61 bits per heavy atom. The van der Waals surface area contributed by atoms with E-state index in [9.17, 15) is 19.2 Å². The second kappa shape index (κ2) is 13.1. The highest BCUT2D eigenvalue weighted by Gasteiger charge is 2.12. The average molecular weight is 514 g/mol. The van der Waals surface area contributed by atoms with Crippen LogP contribution in [0.2, 0.25) is 0 Å². The van der Waals surface area contributed by atoms with Crippen molar-refractivity contribution in [1.29, 1.82) is 0 Å². The molecule has 9 nitrogen and oxygen atoms in total. The number of nitrogens with one attached hydrogen (secondary N) is 4. The molecule has 196 valence electrons. The summed E-state index contributed by atoms with van der Waals surface area (Å²) in [6, 6.07) is 17.5. The minimum atomic E-state index is -0.396. The van der Waals surface area contributed by atoms with Gasteiger partial charge < -0.3 is 21.3 Å². The van der Waals surface area contributed by atoms with Crippen LogP contribution in [0.25, 0.3) is 0 Å². The molecule has 1 aromatic heterocycles. The van der Waals surface area contributed by atoms with Gasteiger partial charge in [0.25, 0.3) is 11.8 Å². The summed E-state index contributed by atoms with van der Waals surface area (Å²) in [5, 5.41) is 11.4. The number of carbonyl (C=O) groups excluding carboxylic acids is 4. The van der Waals surface area contributed by atoms with E-state index in [0.717, 1.165) is 36.8 Å². The molecule has 0 aliphatic carbocycles. The first-order chi connectivity index (χ1) is 18.5. The lowest BCUT2D eigenvalue weighted by molar-refractivity contribution is -0.117. The van der Waals surface area contributed by atoms with E-state index in [2.05, 4.69) is 26.3 Å². The van der Waals surface area contributed by atoms with Gasteiger partial charge in [-0.15, -0.1) is 0 Å². The summed E-state index contributed by atoms with van der Waals surface area (Å²) < 4.78 is 0. The van der Waals surface area contributed by atoms with Gasteiger partial charge in [-0.05, 0) is 60.4 Å². The molecule has 0 saturated heterocycles. The Morgan fingerprint density at radius 2 is 1.08 bits per heavy atom. The third-order valence-corrected chi connectivity index (χ3v) is 6.19. The Kier molecular flexibility index (Phi) is 9.17. The van der Waals surface area contributed by atoms with Crippen molar-refractivity contribution in [2.24, 2.45) is 0 Å². The summed E-state index contributed by atoms with van der Waals surface area (Å²) in [5.41, 5.74) is 3.57. The number of anilines is 2. The molecule has 4 N–H and O–H groups in total. The topological polar surface area (TPSA) is 129 Å². The van der Waals surface area contributed by atoms with Crippen molar-refractivity contribution in [3.63, 3.8) is 0 Å². The zero-order chi connectivity index (χ0) is 26.7. The zero-order valence-corrected chi connectivity index (χ0v) is 21.1. The van der Waals surface area contributed by atoms with Crippen molar-refractivity contribution >= 4 is 35.0 Å². The first-order valence-corrected chi connectivity index (χ1v) is 12.8. The van der Waals surface area contributed by atoms with Gasteiger partial charge in [-0.3, -0.25) is 24.2 Å². The molecular weight excluding hydrogens is 482 g/mol. The van der Waals surface area contributed by atoms with Crippen LogP contribution in [0.5, 0.6) is 0 Å². The van der Waals surface area contributed by atoms with Crippen LogP contribution in [0.15, 0.2) is 66.9 Å². The highest BCUT2D eigenvalue weighted by Crippen LogP contribution is 2.14. The fraction of sp³-hybridized carbons (Fsp3) is 0.276. The van der Waals surface area contributed by atoms with Crippen molar-refractivity contribution in [2.45, 2.75) is 51.6 Å². The van der Waals surface area contributed by atoms with E-state index in [0.29, 0.717) is 36.3 Å². The molecule has 0 atom stereocenters. The van der Waals surface area contributed by atoms with Crippen LogP contribution in [0.1, 0.15) is 70.5 Å². The number of carbonyl (C=O) groups is 4. The van der Waals surface area contributed by atoms with E-state index in [4.69, 9.17) is 0 Å². The van der Waals surface area contributed by atoms with Crippen LogP contribution in [0.4, 0.5) is 11.4 Å². The van der Waals surface area contributed by atoms with Gasteiger partial charge in [-0.2, -0.15) is 0 Å². The molecule has 5 heterocycles. The standard InChI is InChI=1S/C29H31N5O4/c35-26-5-3-1-2-4-6-27(36)34-24-13-9-21(10-14-24)19-32-29(38)25-17-22(15-16-30-25)28(37)31-18-20-7-11-23(33-26)12-8-20/h7-17H,1-6,18-19H2,(H,31,37)(H,32,38)(H,33,35)(H,34,36). The van der Waals surface area contributed by atoms with E-state index in [1.165, 1.54) is 12.3 Å². The highest BCUT2D eigenvalue weighted by atomic mass is 16.2. The predicted octanol–water partition coefficient (Wildman–Crippen LogP) is 4.17. The van der Waals surface area contributed by atoms with Crippen LogP contribution in [-0.4, -0.2) is 28.6 Å². The molecule has 0 spiro atoms. The second-order valence-electron chi connectivity index (χ2n) is 9.20. The predicted molar refractivity (Wildman–Crippen MR) is 144 cm³/mol. The molecule has 2 aromatic carbocycles. The Morgan fingerprint density at radius 1 is 0.579 bits per heavy atom. The fourth-order valence-corrected chi connectivity index (χ4v) is 4.04. The van der Waals surface area contributed by atoms with Gasteiger partial charge in [0.15, 0.2) is 0 Å². The molecule has 4 aliphatic heterocycles. The van der Waals surface area contributed by atoms with Crippen LogP contribution < -0.4 is 21.3 Å². The molecule has 38 heavy (non-hydrogen) atoms. The van der Waals surface area contributed by atoms with E-state index in [1.54, 1.807) is 30.3 Å². The van der Waals surface area contributed by atoms with Crippen molar-refractivity contribution in [1.82, 2.24) is 15.6 Å². The second-order valence-corrected chi connectivity index (χ2v) is 9.20. The quantitative estimate of drug-likeness (QED) is 0.359. The van der Waals surface area contributed by atoms with Gasteiger partial charge in [-0.25, -0.2) is 0 Å². The van der Waals surface area contributed by atoms with Crippen LogP contribution in [0.3, 0.4) is 0 Å². The monoisotopic (exact) mass is 513 g/mol. The number of benzene rings is 2. The lowest BCUT2D eigenvalue weighted by Crippen LogP contribution is -2.26. The number of hydrogen-bond donors (Lipinski definition) is 4. The minimum Gasteiger partial charge on any atom is -0.348 e. The van der Waals surface area contributed by atoms with Crippen LogP contribution in [-0.2, 0) is 22.7 Å². The molecule has 3 aromatic rings. The number of amides is 4. The van der Waals surface area contributed by atoms with Crippen molar-refractivity contribution in [2.75, 3.05) is 10.6 Å². The van der Waals surface area contributed by atoms with Gasteiger partial charge in [0.2, 0.25) is 11.8 Å². The minimum absolute atomic E-state index is 0.0536. The van der Waals surface area contributed by atoms with Gasteiger partial charge in [0, 0.05) is 49.1 Å². The molecule has 7 rings (SSSR count). The summed E-state index contributed by atoms with van der Waals surface area (Å²) in [4.78, 5) is 53.9. The van der Waals surface area contributed by atoms with E-state index in [-0.39, 0.29) is 30.0 Å². The molecule has 6 bridgehead atoms. The molecule has 9 heteroatoms. The lowest BCUT2D eigenvalue weighted by Gasteiger charge is -2.09. The SMILES string of the molecule is O=C1CCCCCCC(=O)Nc2ccc(cc2)CNC(=O)c2cc(ccn2)C(=O)NCc2ccc(cc2)N1. The van der Waals surface area contributed by atoms with Crippen molar-refractivity contribution in [3.8, 4) is 0 Å². The smallest absolute Gasteiger partial charge is 0.270 e. The average Bonchev–Trinajstić information content (AvgIpc) is 2.93. The third kappa shape index (κ3) is 7.99. The molecule has 4 amide bonds. The summed E-state index contributed by atoms with van der Waals surface area (Å²) in [5.74, 6) is -0.831. The molecule has 4 aliphatic rings. The molecular formula is C29H31N5O4. The van der Waals surface area contributed by atoms with Gasteiger partial charge in [0.1, 0.15) is 5.69 Å². The van der Waals surface area contributed by atoms with Crippen molar-refractivity contribution in [3.05, 3.63) is 89.2 Å². The fourth-order valence-electron chi connectivity index (χ4n) is 4.04. The van der Waals surface area contributed by atoms with Gasteiger partial charge in [-0.1, -0.05) is 37.1 Å². The summed E-state index contributed by atoms with van der Waals surface area (Å²) in [6.45, 7) is 0.572. The zero-order valence-electron chi connectivity index (χ0n) is 21.1. The molecule has 0 unspecified atom stereocenters. The number of pyridine rings is 1. The maximum Gasteiger partial charge on any atom is 0.270 e. The first-order valence-electron chi connectivity index (χ1n) is 12.8. The number of hydrogen-bond acceptors (Lipinski definition) is 5. The largest absolute Gasteiger partial charge is 0.348 e. The Balaban J connectivity index is 1.44. The summed E-state index contributed by atoms with van der Waals surface area (Å²) in [7, 11) is 0. The Labute approximate surface area is 221 Å². The summed E-state index contributed by atoms with van der Waals surface area (Å²) >= 11 is 0. The Hall–Kier alpha value is -4.53. The molecule has 0 fully saturated rings. The normalized spacial score (nSPS) is 16.1. The van der Waals surface area contributed by atoms with E-state index < -0.39 is 5.91 Å². The highest BCUT2D eigenvalue weighted by molar-refractivity contribution is 5.98. The lowest BCUT2D eigenvalue weighted by atomic mass is 10.1. The maximum absolute atomic E-state index is 12.7. The molecule has 0 saturated carbocycles. The number of rotatable bonds is 0. The van der Waals surface area contributed by atoms with Gasteiger partial charge >= 0.3 is 0 Å². The van der Waals surface area contributed by atoms with Crippen molar-refractivity contribution < 1.29 is 19.2 Å². The van der Waals surface area contributed by atoms with E-state index >= 15 is 0 Å². The number of nitrogens with zero attached hydrogens (tertiary/aromatic N) is 1. The third-order valence-electron chi connectivity index (χ3n) is 6.19. The number of aromatic nitrogens is 1. The Bertz CT molecular complexity index is 1190. The maximum atomic E-state index is 12.7. The van der Waals surface area contributed by atoms with Crippen LogP contribution in [0, 0.1) is 0 Å². The first kappa shape index (κ1) is 26.5. The van der Waals surface area contributed by atoms with Crippen LogP contribution >= 0.6 is 0 Å². The summed E-state index contributed by atoms with van der Waals surface area (Å²) in [6.07, 6.45) is 5.52. The van der Waals surface area contributed by atoms with Gasteiger partial charge in [0.05, 0.1) is 0 Å².